The zero-order valence-electron chi connectivity index (χ0n) is 17.8. The van der Waals surface area contributed by atoms with Crippen LogP contribution in [0, 0.1) is 5.41 Å². The molecule has 1 unspecified atom stereocenters. The van der Waals surface area contributed by atoms with Gasteiger partial charge in [0, 0.05) is 30.4 Å². The number of hydrogen-bond donors (Lipinski definition) is 1. The van der Waals surface area contributed by atoms with E-state index in [2.05, 4.69) is 12.2 Å². The van der Waals surface area contributed by atoms with Gasteiger partial charge in [-0.25, -0.2) is 0 Å². The Kier molecular flexibility index (Phi) is 7.16. The lowest BCUT2D eigenvalue weighted by Crippen LogP contribution is -2.52. The van der Waals surface area contributed by atoms with E-state index in [-0.39, 0.29) is 17.9 Å². The van der Waals surface area contributed by atoms with Crippen LogP contribution in [0.2, 0.25) is 0 Å². The number of hydrogen-bond acceptors (Lipinski definition) is 5. The van der Waals surface area contributed by atoms with Gasteiger partial charge in [0.15, 0.2) is 11.5 Å². The Labute approximate surface area is 167 Å². The standard InChI is InChI=1S/C21H32N2O5/c1-7-15-10-8-9-11-23(15)20(25)21(2,3)19(24)22-14-12-16(26-4)18(28-6)17(13-14)27-5/h12-13,15H,7-11H2,1-6H3,(H,22,24). The zero-order valence-corrected chi connectivity index (χ0v) is 17.8. The molecule has 2 amide bonds. The van der Waals surface area contributed by atoms with Crippen molar-refractivity contribution in [1.82, 2.24) is 4.90 Å². The Bertz CT molecular complexity index is 692. The summed E-state index contributed by atoms with van der Waals surface area (Å²) in [5.74, 6) is 0.806. The summed E-state index contributed by atoms with van der Waals surface area (Å²) in [7, 11) is 4.54. The molecule has 0 radical (unpaired) electrons. The van der Waals surface area contributed by atoms with Gasteiger partial charge in [-0.3, -0.25) is 9.59 Å². The summed E-state index contributed by atoms with van der Waals surface area (Å²) in [6, 6.07) is 3.50. The molecule has 7 heteroatoms. The van der Waals surface area contributed by atoms with Gasteiger partial charge < -0.3 is 24.4 Å². The van der Waals surface area contributed by atoms with Gasteiger partial charge in [0.2, 0.25) is 17.6 Å². The molecule has 1 N–H and O–H groups in total. The maximum Gasteiger partial charge on any atom is 0.239 e. The van der Waals surface area contributed by atoms with E-state index in [0.717, 1.165) is 25.7 Å². The quantitative estimate of drug-likeness (QED) is 0.719. The summed E-state index contributed by atoms with van der Waals surface area (Å²) in [5.41, 5.74) is -0.711. The van der Waals surface area contributed by atoms with Crippen molar-refractivity contribution in [2.45, 2.75) is 52.5 Å². The van der Waals surface area contributed by atoms with E-state index in [1.807, 2.05) is 4.90 Å². The average molecular weight is 392 g/mol. The first-order valence-corrected chi connectivity index (χ1v) is 9.72. The first kappa shape index (κ1) is 21.9. The van der Waals surface area contributed by atoms with E-state index in [0.29, 0.717) is 29.5 Å². The highest BCUT2D eigenvalue weighted by molar-refractivity contribution is 6.10. The summed E-state index contributed by atoms with van der Waals surface area (Å²) in [5, 5.41) is 2.83. The number of carbonyl (C=O) groups excluding carboxylic acids is 2. The molecule has 0 spiro atoms. The van der Waals surface area contributed by atoms with E-state index in [4.69, 9.17) is 14.2 Å². The Morgan fingerprint density at radius 1 is 1.11 bits per heavy atom. The van der Waals surface area contributed by atoms with Crippen LogP contribution in [0.3, 0.4) is 0 Å². The fourth-order valence-corrected chi connectivity index (χ4v) is 3.59. The van der Waals surface area contributed by atoms with Crippen molar-refractivity contribution in [1.29, 1.82) is 0 Å². The molecular weight excluding hydrogens is 360 g/mol. The summed E-state index contributed by atoms with van der Waals surface area (Å²) < 4.78 is 16.0. The van der Waals surface area contributed by atoms with Gasteiger partial charge in [-0.1, -0.05) is 6.92 Å². The molecule has 2 rings (SSSR count). The number of carbonyl (C=O) groups is 2. The maximum atomic E-state index is 13.2. The molecule has 1 aromatic rings. The molecule has 156 valence electrons. The third kappa shape index (κ3) is 4.34. The van der Waals surface area contributed by atoms with Crippen LogP contribution in [-0.4, -0.2) is 50.6 Å². The van der Waals surface area contributed by atoms with Crippen LogP contribution in [0.1, 0.15) is 46.5 Å². The monoisotopic (exact) mass is 392 g/mol. The first-order valence-electron chi connectivity index (χ1n) is 9.72. The van der Waals surface area contributed by atoms with Gasteiger partial charge in [-0.15, -0.1) is 0 Å². The summed E-state index contributed by atoms with van der Waals surface area (Å²) in [6.45, 7) is 6.13. The fraction of sp³-hybridized carbons (Fsp3) is 0.619. The van der Waals surface area contributed by atoms with Gasteiger partial charge >= 0.3 is 0 Å². The number of methoxy groups -OCH3 is 3. The molecule has 1 aliphatic rings. The smallest absolute Gasteiger partial charge is 0.239 e. The van der Waals surface area contributed by atoms with Crippen molar-refractivity contribution in [2.24, 2.45) is 5.41 Å². The van der Waals surface area contributed by atoms with Crippen LogP contribution in [0.5, 0.6) is 17.2 Å². The first-order chi connectivity index (χ1) is 13.3. The molecule has 0 bridgehead atoms. The van der Waals surface area contributed by atoms with Gasteiger partial charge in [0.25, 0.3) is 0 Å². The van der Waals surface area contributed by atoms with E-state index in [1.54, 1.807) is 26.0 Å². The molecule has 7 nitrogen and oxygen atoms in total. The SMILES string of the molecule is CCC1CCCCN1C(=O)C(C)(C)C(=O)Nc1cc(OC)c(OC)c(OC)c1. The predicted molar refractivity (Wildman–Crippen MR) is 108 cm³/mol. The van der Waals surface area contributed by atoms with Crippen molar-refractivity contribution in [3.8, 4) is 17.2 Å². The average Bonchev–Trinajstić information content (AvgIpc) is 2.71. The Hall–Kier alpha value is -2.44. The molecule has 1 saturated heterocycles. The lowest BCUT2D eigenvalue weighted by molar-refractivity contribution is -0.149. The summed E-state index contributed by atoms with van der Waals surface area (Å²) >= 11 is 0. The second-order valence-electron chi connectivity index (χ2n) is 7.55. The molecule has 1 heterocycles. The number of ether oxygens (including phenoxy) is 3. The van der Waals surface area contributed by atoms with Crippen molar-refractivity contribution >= 4 is 17.5 Å². The molecule has 1 aromatic carbocycles. The fourth-order valence-electron chi connectivity index (χ4n) is 3.59. The van der Waals surface area contributed by atoms with Crippen molar-refractivity contribution < 1.29 is 23.8 Å². The van der Waals surface area contributed by atoms with Crippen LogP contribution in [0.4, 0.5) is 5.69 Å². The van der Waals surface area contributed by atoms with E-state index in [1.165, 1.54) is 21.3 Å². The Balaban J connectivity index is 2.24. The van der Waals surface area contributed by atoms with Crippen LogP contribution >= 0.6 is 0 Å². The number of rotatable bonds is 7. The Morgan fingerprint density at radius 2 is 1.71 bits per heavy atom. The molecule has 28 heavy (non-hydrogen) atoms. The predicted octanol–water partition coefficient (Wildman–Crippen LogP) is 3.47. The number of likely N-dealkylation sites (tertiary alicyclic amines) is 1. The molecule has 0 aliphatic carbocycles. The highest BCUT2D eigenvalue weighted by Gasteiger charge is 2.41. The number of nitrogens with one attached hydrogen (secondary N) is 1. The maximum absolute atomic E-state index is 13.2. The molecular formula is C21H32N2O5. The number of anilines is 1. The highest BCUT2D eigenvalue weighted by Crippen LogP contribution is 2.40. The second-order valence-corrected chi connectivity index (χ2v) is 7.55. The zero-order chi connectivity index (χ0) is 20.9. The lowest BCUT2D eigenvalue weighted by atomic mass is 9.87. The number of nitrogens with zero attached hydrogens (tertiary/aromatic N) is 1. The van der Waals surface area contributed by atoms with Crippen LogP contribution in [0.25, 0.3) is 0 Å². The number of piperidine rings is 1. The van der Waals surface area contributed by atoms with Gasteiger partial charge in [-0.2, -0.15) is 0 Å². The minimum Gasteiger partial charge on any atom is -0.493 e. The normalized spacial score (nSPS) is 17.1. The molecule has 0 aromatic heterocycles. The van der Waals surface area contributed by atoms with Crippen LogP contribution in [0.15, 0.2) is 12.1 Å². The summed E-state index contributed by atoms with van der Waals surface area (Å²) in [6.07, 6.45) is 4.00. The lowest BCUT2D eigenvalue weighted by Gasteiger charge is -2.39. The number of amides is 2. The third-order valence-corrected chi connectivity index (χ3v) is 5.38. The van der Waals surface area contributed by atoms with Gasteiger partial charge in [0.1, 0.15) is 5.41 Å². The highest BCUT2D eigenvalue weighted by atomic mass is 16.5. The molecule has 1 aliphatic heterocycles. The van der Waals surface area contributed by atoms with Crippen molar-refractivity contribution in [3.63, 3.8) is 0 Å². The minimum absolute atomic E-state index is 0.135. The van der Waals surface area contributed by atoms with Crippen molar-refractivity contribution in [2.75, 3.05) is 33.2 Å². The van der Waals surface area contributed by atoms with Crippen LogP contribution < -0.4 is 19.5 Å². The van der Waals surface area contributed by atoms with Gasteiger partial charge in [0.05, 0.1) is 21.3 Å². The number of benzene rings is 1. The third-order valence-electron chi connectivity index (χ3n) is 5.38. The largest absolute Gasteiger partial charge is 0.493 e. The molecule has 0 saturated carbocycles. The Morgan fingerprint density at radius 3 is 2.21 bits per heavy atom. The van der Waals surface area contributed by atoms with Crippen LogP contribution in [-0.2, 0) is 9.59 Å². The molecule has 1 atom stereocenters. The van der Waals surface area contributed by atoms with E-state index < -0.39 is 5.41 Å². The van der Waals surface area contributed by atoms with E-state index in [9.17, 15) is 9.59 Å². The topological polar surface area (TPSA) is 77.1 Å². The van der Waals surface area contributed by atoms with Crippen molar-refractivity contribution in [3.05, 3.63) is 12.1 Å². The van der Waals surface area contributed by atoms with E-state index >= 15 is 0 Å². The molecule has 1 fully saturated rings. The minimum atomic E-state index is -1.19. The second kappa shape index (κ2) is 9.17. The van der Waals surface area contributed by atoms with Gasteiger partial charge in [-0.05, 0) is 39.5 Å². The summed E-state index contributed by atoms with van der Waals surface area (Å²) in [4.78, 5) is 28.0.